The van der Waals surface area contributed by atoms with Crippen molar-refractivity contribution >= 4 is 207 Å². The fraction of sp³-hybridized carbons (Fsp3) is 0.0692. The third kappa shape index (κ3) is 10.7. The molecule has 9 heteroatoms. The Morgan fingerprint density at radius 3 is 1.04 bits per heavy atom. The van der Waals surface area contributed by atoms with Gasteiger partial charge in [-0.25, -0.2) is 15.0 Å². The van der Waals surface area contributed by atoms with Gasteiger partial charge in [0.15, 0.2) is 0 Å². The molecule has 0 N–H and O–H groups in total. The smallest absolute Gasteiger partial charge is 0.147 e. The molecular formula is C130H86N8S. The monoisotopic (exact) mass is 1790 g/mol. The van der Waals surface area contributed by atoms with Gasteiger partial charge in [-0.1, -0.05) is 333 Å². The van der Waals surface area contributed by atoms with Crippen LogP contribution in [0.15, 0.2) is 413 Å². The van der Waals surface area contributed by atoms with Crippen molar-refractivity contribution in [1.82, 2.24) is 37.5 Å². The maximum absolute atomic E-state index is 5.30. The van der Waals surface area contributed by atoms with Crippen LogP contribution in [0.4, 0.5) is 0 Å². The number of imidazole rings is 2. The first kappa shape index (κ1) is 78.2. The molecule has 0 fully saturated rings. The summed E-state index contributed by atoms with van der Waals surface area (Å²) in [6.45, 7) is 14.2. The van der Waals surface area contributed by atoms with Crippen molar-refractivity contribution < 1.29 is 0 Å². The predicted molar refractivity (Wildman–Crippen MR) is 586 cm³/mol. The van der Waals surface area contributed by atoms with E-state index in [1.54, 1.807) is 11.3 Å². The molecule has 21 aromatic carbocycles. The number of hydrogen-bond donors (Lipinski definition) is 0. The minimum Gasteiger partial charge on any atom is -0.309 e. The zero-order valence-corrected chi connectivity index (χ0v) is 78.1. The fourth-order valence-electron chi connectivity index (χ4n) is 25.5. The summed E-state index contributed by atoms with van der Waals surface area (Å²) in [5.41, 5.74) is 37.8. The van der Waals surface area contributed by atoms with Crippen LogP contribution in [0, 0.1) is 0 Å². The number of thiazole rings is 1. The fourth-order valence-corrected chi connectivity index (χ4v) is 26.5. The number of aromatic nitrogens is 8. The number of para-hydroxylation sites is 8. The highest BCUT2D eigenvalue weighted by molar-refractivity contribution is 7.21. The van der Waals surface area contributed by atoms with Gasteiger partial charge in [-0.15, -0.1) is 11.3 Å². The Labute approximate surface area is 803 Å². The van der Waals surface area contributed by atoms with Gasteiger partial charge >= 0.3 is 0 Å². The van der Waals surface area contributed by atoms with Crippen LogP contribution in [0.25, 0.3) is 256 Å². The molecule has 8 aromatic heterocycles. The normalized spacial score (nSPS) is 13.9. The lowest BCUT2D eigenvalue weighted by atomic mass is 9.68. The van der Waals surface area contributed by atoms with Crippen molar-refractivity contribution in [2.75, 3.05) is 0 Å². The summed E-state index contributed by atoms with van der Waals surface area (Å²) in [5.74, 6) is 0. The molecule has 652 valence electrons. The molecule has 3 aliphatic carbocycles. The van der Waals surface area contributed by atoms with Gasteiger partial charge in [-0.3, -0.25) is 8.80 Å². The van der Waals surface area contributed by atoms with Crippen LogP contribution in [0.1, 0.15) is 74.9 Å². The number of nitrogens with zero attached hydrogens (tertiary/aromatic N) is 8. The second-order valence-corrected chi connectivity index (χ2v) is 41.0. The van der Waals surface area contributed by atoms with Crippen LogP contribution >= 0.6 is 11.3 Å². The lowest BCUT2D eigenvalue weighted by molar-refractivity contribution is 0.645. The van der Waals surface area contributed by atoms with Gasteiger partial charge < -0.3 is 13.7 Å². The Bertz CT molecular complexity index is 10500. The number of hydrogen-bond acceptors (Lipinski definition) is 4. The van der Waals surface area contributed by atoms with E-state index < -0.39 is 0 Å². The molecule has 8 nitrogen and oxygen atoms in total. The van der Waals surface area contributed by atoms with Gasteiger partial charge in [0, 0.05) is 109 Å². The first-order valence-electron chi connectivity index (χ1n) is 48.4. The van der Waals surface area contributed by atoms with Gasteiger partial charge in [0.1, 0.15) is 16.3 Å². The van der Waals surface area contributed by atoms with E-state index in [9.17, 15) is 0 Å². The Morgan fingerprint density at radius 2 is 0.561 bits per heavy atom. The molecule has 3 aliphatic rings. The topological polar surface area (TPSA) is 62.3 Å². The molecule has 0 aliphatic heterocycles. The molecule has 29 aromatic rings. The average molecular weight is 1790 g/mol. The predicted octanol–water partition coefficient (Wildman–Crippen LogP) is 34.4. The van der Waals surface area contributed by atoms with E-state index in [1.807, 2.05) is 0 Å². The highest BCUT2D eigenvalue weighted by Gasteiger charge is 2.40. The summed E-state index contributed by atoms with van der Waals surface area (Å²) in [7, 11) is 0. The first-order chi connectivity index (χ1) is 68.3. The lowest BCUT2D eigenvalue weighted by Gasteiger charge is -2.35. The summed E-state index contributed by atoms with van der Waals surface area (Å²) in [4.78, 5) is 15.3. The van der Waals surface area contributed by atoms with Gasteiger partial charge in [-0.2, -0.15) is 0 Å². The largest absolute Gasteiger partial charge is 0.309 e. The van der Waals surface area contributed by atoms with E-state index in [2.05, 4.69) is 477 Å². The van der Waals surface area contributed by atoms with E-state index in [4.69, 9.17) is 15.0 Å². The second kappa shape index (κ2) is 28.5. The van der Waals surface area contributed by atoms with Crippen molar-refractivity contribution in [2.45, 2.75) is 57.8 Å². The van der Waals surface area contributed by atoms with Gasteiger partial charge in [0.25, 0.3) is 0 Å². The Hall–Kier alpha value is -17.1. The van der Waals surface area contributed by atoms with Crippen LogP contribution < -0.4 is 0 Å². The van der Waals surface area contributed by atoms with Gasteiger partial charge in [0.05, 0.1) is 76.4 Å². The molecule has 0 atom stereocenters. The maximum atomic E-state index is 5.30. The summed E-state index contributed by atoms with van der Waals surface area (Å²) >= 11 is 1.75. The Balaban J connectivity index is 0.0000000989. The Kier molecular flexibility index (Phi) is 16.0. The molecule has 0 saturated carbocycles. The molecule has 0 spiro atoms. The highest BCUT2D eigenvalue weighted by atomic mass is 32.1. The van der Waals surface area contributed by atoms with Crippen molar-refractivity contribution in [1.29, 1.82) is 0 Å². The third-order valence-corrected chi connectivity index (χ3v) is 32.8. The maximum Gasteiger partial charge on any atom is 0.147 e. The molecule has 0 radical (unpaired) electrons. The molecule has 0 unspecified atom stereocenters. The standard InChI is InChI=1S/C48H31N3.C44H29N3.C38H26N2S/c1-48(2)36-17-7-5-15-34(36)46-43-29(13-11-18-37(43)48)26-42-45(46)35-16-6-9-20-39(35)50(42)30-23-25-32-33-24-22-28-12-3-4-14-31(28)44(33)47-49-38-19-8-10-21-40(38)51(47)41(32)27-30;1-44(2)33-17-7-5-15-31(33)42-40-26(12-11-18-34(40)44)24-39-41(42)32-16-6-9-20-36(32)46(39)27-22-23-29-28-13-3-4-14-30(28)43-45-35-19-8-10-21-37(35)47(43)38(29)25-27;1-38(2)28-13-5-3-11-26(28)36-34-24(10-9-14-29(34)38)22-32-35(36)27-12-4-7-16-31(27)40(32)25-20-18-23(19-21-25)37-39-30-15-6-8-17-33(30)41-37/h3-27H,1-2H3;3-25H,1-2H3;3-22H,1-2H3. The van der Waals surface area contributed by atoms with E-state index in [0.717, 1.165) is 77.5 Å². The quantitative estimate of drug-likeness (QED) is 0.165. The molecule has 8 heterocycles. The zero-order chi connectivity index (χ0) is 91.9. The number of pyridine rings is 2. The minimum absolute atomic E-state index is 0.0639. The SMILES string of the molecule is CC1(C)c2ccccc2-c2c3c1cccc3cc1c2c2ccccc2n1-c1ccc(-c2nc3ccccc3s2)cc1.CC1(C)c2ccccc2-c2c3c1cccc3cc1c2c2ccccc2n1-c1ccc2c3ccc4ccccc4c3c3nc4ccccc4n3c2c1.CC1(C)c2ccccc2-c2c3c1cccc3cc1c2c2ccccc2n1-c1ccc2c3ccccc3c3nc4ccccc4n3c2c1. The lowest BCUT2D eigenvalue weighted by Crippen LogP contribution is -2.23. The van der Waals surface area contributed by atoms with E-state index >= 15 is 0 Å². The highest BCUT2D eigenvalue weighted by Crippen LogP contribution is 2.58. The minimum atomic E-state index is -0.0967. The van der Waals surface area contributed by atoms with Crippen LogP contribution in [0.3, 0.4) is 0 Å². The van der Waals surface area contributed by atoms with Gasteiger partial charge in [0.2, 0.25) is 0 Å². The molecule has 0 bridgehead atoms. The summed E-state index contributed by atoms with van der Waals surface area (Å²) < 4.78 is 13.4. The molecular weight excluding hydrogens is 1710 g/mol. The molecule has 0 saturated heterocycles. The van der Waals surface area contributed by atoms with Crippen LogP contribution in [0.5, 0.6) is 0 Å². The van der Waals surface area contributed by atoms with Crippen LogP contribution in [-0.4, -0.2) is 37.5 Å². The molecule has 32 rings (SSSR count). The van der Waals surface area contributed by atoms with E-state index in [1.165, 1.54) is 212 Å². The Morgan fingerprint density at radius 1 is 0.209 bits per heavy atom. The number of benzene rings is 21. The first-order valence-corrected chi connectivity index (χ1v) is 49.2. The van der Waals surface area contributed by atoms with Crippen molar-refractivity contribution in [3.8, 4) is 61.0 Å². The second-order valence-electron chi connectivity index (χ2n) is 39.9. The van der Waals surface area contributed by atoms with Crippen molar-refractivity contribution in [2.24, 2.45) is 0 Å². The average Bonchev–Trinajstić information content (AvgIpc) is 1.61. The van der Waals surface area contributed by atoms with Crippen LogP contribution in [0.2, 0.25) is 0 Å². The van der Waals surface area contributed by atoms with Crippen LogP contribution in [-0.2, 0) is 16.2 Å². The van der Waals surface area contributed by atoms with Gasteiger partial charge in [-0.05, 0) is 225 Å². The summed E-state index contributed by atoms with van der Waals surface area (Å²) in [5, 5.41) is 26.6. The summed E-state index contributed by atoms with van der Waals surface area (Å²) in [6.07, 6.45) is 0. The third-order valence-electron chi connectivity index (χ3n) is 31.7. The molecule has 139 heavy (non-hydrogen) atoms. The summed E-state index contributed by atoms with van der Waals surface area (Å²) in [6, 6.07) is 152. The number of fused-ring (bicyclic) bond motifs is 37. The van der Waals surface area contributed by atoms with E-state index in [-0.39, 0.29) is 16.2 Å². The van der Waals surface area contributed by atoms with Crippen molar-refractivity contribution in [3.05, 3.63) is 446 Å². The van der Waals surface area contributed by atoms with E-state index in [0.29, 0.717) is 0 Å². The number of rotatable bonds is 4. The molecule has 0 amide bonds. The van der Waals surface area contributed by atoms with Crippen molar-refractivity contribution in [3.63, 3.8) is 0 Å². The zero-order valence-electron chi connectivity index (χ0n) is 77.2.